The van der Waals surface area contributed by atoms with Gasteiger partial charge in [0.25, 0.3) is 0 Å². The Hall–Kier alpha value is -1.36. The summed E-state index contributed by atoms with van der Waals surface area (Å²) in [5, 5.41) is 9.08. The Labute approximate surface area is 101 Å². The fraction of sp³-hybridized carbons (Fsp3) is 0.273. The molecule has 1 N–H and O–H groups in total. The second kappa shape index (κ2) is 4.25. The van der Waals surface area contributed by atoms with Crippen molar-refractivity contribution in [3.63, 3.8) is 0 Å². The van der Waals surface area contributed by atoms with Crippen molar-refractivity contribution < 1.29 is 9.90 Å². The number of nitrogens with zero attached hydrogens (tertiary/aromatic N) is 2. The van der Waals surface area contributed by atoms with Crippen molar-refractivity contribution in [1.29, 1.82) is 0 Å². The number of imidazole rings is 1. The maximum atomic E-state index is 11.1. The topological polar surface area (TPSA) is 54.6 Å². The SMILES string of the molecule is CCCc1nc(Br)c2c(C(=O)O)cccn12. The maximum absolute atomic E-state index is 11.1. The molecule has 0 fully saturated rings. The Kier molecular flexibility index (Phi) is 2.96. The van der Waals surface area contributed by atoms with Gasteiger partial charge < -0.3 is 9.51 Å². The van der Waals surface area contributed by atoms with E-state index in [-0.39, 0.29) is 5.56 Å². The molecular weight excluding hydrogens is 272 g/mol. The number of aryl methyl sites for hydroxylation is 1. The molecule has 2 aromatic heterocycles. The highest BCUT2D eigenvalue weighted by atomic mass is 79.9. The van der Waals surface area contributed by atoms with Crippen molar-refractivity contribution in [2.45, 2.75) is 19.8 Å². The van der Waals surface area contributed by atoms with Gasteiger partial charge in [-0.15, -0.1) is 0 Å². The largest absolute Gasteiger partial charge is 0.478 e. The fourth-order valence-corrected chi connectivity index (χ4v) is 2.34. The summed E-state index contributed by atoms with van der Waals surface area (Å²) in [4.78, 5) is 15.4. The molecule has 5 heteroatoms. The first kappa shape index (κ1) is 11.1. The Morgan fingerprint density at radius 3 is 3.00 bits per heavy atom. The van der Waals surface area contributed by atoms with Crippen LogP contribution in [0.15, 0.2) is 22.9 Å². The van der Waals surface area contributed by atoms with E-state index in [2.05, 4.69) is 27.8 Å². The zero-order chi connectivity index (χ0) is 11.7. The molecule has 0 aliphatic rings. The van der Waals surface area contributed by atoms with Gasteiger partial charge in [-0.1, -0.05) is 6.92 Å². The molecule has 2 aromatic rings. The lowest BCUT2D eigenvalue weighted by molar-refractivity contribution is 0.0698. The third-order valence-electron chi connectivity index (χ3n) is 2.40. The van der Waals surface area contributed by atoms with E-state index < -0.39 is 5.97 Å². The molecule has 0 radical (unpaired) electrons. The average Bonchev–Trinajstić information content (AvgIpc) is 2.57. The summed E-state index contributed by atoms with van der Waals surface area (Å²) in [7, 11) is 0. The Morgan fingerprint density at radius 2 is 2.38 bits per heavy atom. The van der Waals surface area contributed by atoms with E-state index in [4.69, 9.17) is 5.11 Å². The molecule has 0 aromatic carbocycles. The first-order valence-corrected chi connectivity index (χ1v) is 5.83. The number of carboxylic acid groups (broad SMARTS) is 1. The zero-order valence-electron chi connectivity index (χ0n) is 8.77. The van der Waals surface area contributed by atoms with E-state index in [0.717, 1.165) is 18.7 Å². The van der Waals surface area contributed by atoms with Crippen molar-refractivity contribution in [2.75, 3.05) is 0 Å². The number of halogens is 1. The standard InChI is InChI=1S/C11H11BrN2O2/c1-2-4-8-13-10(12)9-7(11(15)16)5-3-6-14(8)9/h3,5-6H,2,4H2,1H3,(H,15,16). The van der Waals surface area contributed by atoms with Gasteiger partial charge >= 0.3 is 5.97 Å². The summed E-state index contributed by atoms with van der Waals surface area (Å²) >= 11 is 3.31. The van der Waals surface area contributed by atoms with Crippen molar-refractivity contribution in [3.8, 4) is 0 Å². The number of aromatic nitrogens is 2. The molecule has 0 saturated heterocycles. The van der Waals surface area contributed by atoms with Gasteiger partial charge in [-0.3, -0.25) is 0 Å². The van der Waals surface area contributed by atoms with Crippen LogP contribution in [0.1, 0.15) is 29.5 Å². The van der Waals surface area contributed by atoms with E-state index in [1.165, 1.54) is 0 Å². The molecule has 0 aliphatic heterocycles. The summed E-state index contributed by atoms with van der Waals surface area (Å²) < 4.78 is 2.42. The van der Waals surface area contributed by atoms with Crippen LogP contribution in [0, 0.1) is 0 Å². The van der Waals surface area contributed by atoms with Crippen LogP contribution >= 0.6 is 15.9 Å². The van der Waals surface area contributed by atoms with Crippen LogP contribution < -0.4 is 0 Å². The molecule has 0 aliphatic carbocycles. The molecule has 0 spiro atoms. The number of rotatable bonds is 3. The fourth-order valence-electron chi connectivity index (χ4n) is 1.73. The second-order valence-electron chi connectivity index (χ2n) is 3.51. The Balaban J connectivity index is 2.74. The van der Waals surface area contributed by atoms with Gasteiger partial charge in [0.2, 0.25) is 0 Å². The molecule has 84 valence electrons. The lowest BCUT2D eigenvalue weighted by Gasteiger charge is -2.01. The monoisotopic (exact) mass is 282 g/mol. The van der Waals surface area contributed by atoms with Gasteiger partial charge in [0.1, 0.15) is 10.4 Å². The van der Waals surface area contributed by atoms with Crippen molar-refractivity contribution >= 4 is 27.4 Å². The highest BCUT2D eigenvalue weighted by molar-refractivity contribution is 9.10. The van der Waals surface area contributed by atoms with Crippen molar-refractivity contribution in [1.82, 2.24) is 9.38 Å². The van der Waals surface area contributed by atoms with Gasteiger partial charge in [-0.25, -0.2) is 9.78 Å². The minimum Gasteiger partial charge on any atom is -0.478 e. The van der Waals surface area contributed by atoms with Crippen LogP contribution in [0.2, 0.25) is 0 Å². The minimum atomic E-state index is -0.936. The van der Waals surface area contributed by atoms with Crippen LogP contribution in [0.5, 0.6) is 0 Å². The van der Waals surface area contributed by atoms with Gasteiger partial charge in [0.15, 0.2) is 0 Å². The zero-order valence-corrected chi connectivity index (χ0v) is 10.4. The van der Waals surface area contributed by atoms with E-state index >= 15 is 0 Å². The van der Waals surface area contributed by atoms with Gasteiger partial charge in [0.05, 0.1) is 11.1 Å². The third-order valence-corrected chi connectivity index (χ3v) is 2.95. The number of hydrogen-bond acceptors (Lipinski definition) is 2. The predicted octanol–water partition coefficient (Wildman–Crippen LogP) is 2.75. The third kappa shape index (κ3) is 1.71. The molecule has 4 nitrogen and oxygen atoms in total. The van der Waals surface area contributed by atoms with E-state index in [1.807, 2.05) is 10.6 Å². The van der Waals surface area contributed by atoms with Gasteiger partial charge in [-0.05, 0) is 34.5 Å². The van der Waals surface area contributed by atoms with E-state index in [9.17, 15) is 4.79 Å². The van der Waals surface area contributed by atoms with Crippen molar-refractivity contribution in [3.05, 3.63) is 34.3 Å². The summed E-state index contributed by atoms with van der Waals surface area (Å²) in [6.45, 7) is 2.07. The molecule has 2 heterocycles. The molecule has 0 bridgehead atoms. The minimum absolute atomic E-state index is 0.268. The predicted molar refractivity (Wildman–Crippen MR) is 63.8 cm³/mol. The molecule has 2 rings (SSSR count). The highest BCUT2D eigenvalue weighted by Gasteiger charge is 2.15. The van der Waals surface area contributed by atoms with Crippen LogP contribution in [0.25, 0.3) is 5.52 Å². The van der Waals surface area contributed by atoms with Crippen molar-refractivity contribution in [2.24, 2.45) is 0 Å². The van der Waals surface area contributed by atoms with Gasteiger partial charge in [-0.2, -0.15) is 0 Å². The summed E-state index contributed by atoms with van der Waals surface area (Å²) in [6, 6.07) is 3.31. The lowest BCUT2D eigenvalue weighted by Crippen LogP contribution is -2.01. The van der Waals surface area contributed by atoms with Crippen LogP contribution in [-0.2, 0) is 6.42 Å². The van der Waals surface area contributed by atoms with E-state index in [1.54, 1.807) is 12.1 Å². The molecule has 0 atom stereocenters. The smallest absolute Gasteiger partial charge is 0.337 e. The van der Waals surface area contributed by atoms with E-state index in [0.29, 0.717) is 10.1 Å². The summed E-state index contributed by atoms with van der Waals surface area (Å²) in [5.41, 5.74) is 0.891. The Bertz CT molecular complexity index is 548. The quantitative estimate of drug-likeness (QED) is 0.942. The number of aromatic carboxylic acids is 1. The summed E-state index contributed by atoms with van der Waals surface area (Å²) in [5.74, 6) is -0.0540. The molecule has 0 saturated carbocycles. The summed E-state index contributed by atoms with van der Waals surface area (Å²) in [6.07, 6.45) is 3.64. The Morgan fingerprint density at radius 1 is 1.62 bits per heavy atom. The van der Waals surface area contributed by atoms with Crippen LogP contribution in [0.4, 0.5) is 0 Å². The van der Waals surface area contributed by atoms with Crippen LogP contribution in [-0.4, -0.2) is 20.5 Å². The van der Waals surface area contributed by atoms with Crippen LogP contribution in [0.3, 0.4) is 0 Å². The second-order valence-corrected chi connectivity index (χ2v) is 4.27. The molecule has 0 amide bonds. The molecular formula is C11H11BrN2O2. The molecule has 0 unspecified atom stereocenters. The normalized spacial score (nSPS) is 10.9. The first-order chi connectivity index (χ1) is 7.65. The number of fused-ring (bicyclic) bond motifs is 1. The first-order valence-electron chi connectivity index (χ1n) is 5.04. The number of pyridine rings is 1. The highest BCUT2D eigenvalue weighted by Crippen LogP contribution is 2.23. The average molecular weight is 283 g/mol. The number of carboxylic acids is 1. The number of carbonyl (C=O) groups is 1. The van der Waals surface area contributed by atoms with Gasteiger partial charge in [0, 0.05) is 12.6 Å². The molecule has 16 heavy (non-hydrogen) atoms. The maximum Gasteiger partial charge on any atom is 0.337 e. The lowest BCUT2D eigenvalue weighted by atomic mass is 10.2. The number of hydrogen-bond donors (Lipinski definition) is 1.